The third-order valence-corrected chi connectivity index (χ3v) is 2.74. The van der Waals surface area contributed by atoms with Crippen molar-refractivity contribution < 1.29 is 19.1 Å². The molecule has 5 nitrogen and oxygen atoms in total. The molecule has 1 amide bonds. The first kappa shape index (κ1) is 13.9. The molecular weight excluding hydrogens is 263 g/mol. The molecule has 0 radical (unpaired) electrons. The second-order valence-electron chi connectivity index (χ2n) is 4.29. The van der Waals surface area contributed by atoms with Crippen molar-refractivity contribution in [3.8, 4) is 0 Å². The van der Waals surface area contributed by atoms with Crippen molar-refractivity contribution >= 4 is 22.8 Å². The van der Waals surface area contributed by atoms with Crippen LogP contribution in [0.5, 0.6) is 0 Å². The predicted molar refractivity (Wildman–Crippen MR) is 70.9 cm³/mol. The number of hydrogen-bond acceptors (Lipinski definition) is 3. The van der Waals surface area contributed by atoms with E-state index in [2.05, 4.69) is 10.3 Å². The highest BCUT2D eigenvalue weighted by Crippen LogP contribution is 2.14. The van der Waals surface area contributed by atoms with Gasteiger partial charge in [0.05, 0.1) is 5.52 Å². The zero-order valence-corrected chi connectivity index (χ0v) is 10.6. The van der Waals surface area contributed by atoms with Gasteiger partial charge in [0.15, 0.2) is 0 Å². The molecule has 20 heavy (non-hydrogen) atoms. The van der Waals surface area contributed by atoms with Crippen molar-refractivity contribution in [3.63, 3.8) is 0 Å². The Morgan fingerprint density at radius 2 is 2.00 bits per heavy atom. The van der Waals surface area contributed by atoms with E-state index < -0.39 is 17.7 Å². The number of nitrogens with zero attached hydrogens (tertiary/aromatic N) is 1. The van der Waals surface area contributed by atoms with Crippen molar-refractivity contribution in [2.75, 3.05) is 6.54 Å². The van der Waals surface area contributed by atoms with Gasteiger partial charge in [-0.15, -0.1) is 0 Å². The van der Waals surface area contributed by atoms with Gasteiger partial charge in [0.25, 0.3) is 5.91 Å². The molecule has 0 bridgehead atoms. The van der Waals surface area contributed by atoms with E-state index in [1.54, 1.807) is 18.2 Å². The summed E-state index contributed by atoms with van der Waals surface area (Å²) in [5, 5.41) is 11.8. The fraction of sp³-hybridized carbons (Fsp3) is 0.214. The van der Waals surface area contributed by atoms with E-state index in [1.165, 1.54) is 12.1 Å². The molecule has 0 saturated carbocycles. The number of fused-ring (bicyclic) bond motifs is 1. The van der Waals surface area contributed by atoms with Crippen LogP contribution < -0.4 is 5.32 Å². The van der Waals surface area contributed by atoms with E-state index in [-0.39, 0.29) is 18.7 Å². The van der Waals surface area contributed by atoms with Crippen molar-refractivity contribution in [3.05, 3.63) is 41.8 Å². The molecule has 0 spiro atoms. The maximum Gasteiger partial charge on any atom is 0.303 e. The number of rotatable bonds is 5. The lowest BCUT2D eigenvalue weighted by Crippen LogP contribution is -2.25. The van der Waals surface area contributed by atoms with Crippen molar-refractivity contribution in [1.29, 1.82) is 0 Å². The first-order valence-electron chi connectivity index (χ1n) is 6.12. The zero-order valence-electron chi connectivity index (χ0n) is 10.6. The molecule has 1 aromatic carbocycles. The molecule has 104 valence electrons. The quantitative estimate of drug-likeness (QED) is 0.818. The molecule has 2 aromatic rings. The third-order valence-electron chi connectivity index (χ3n) is 2.74. The van der Waals surface area contributed by atoms with E-state index in [0.29, 0.717) is 11.9 Å². The number of carboxylic acid groups (broad SMARTS) is 1. The molecule has 0 aliphatic carbocycles. The summed E-state index contributed by atoms with van der Waals surface area (Å²) in [6.07, 6.45) is 0.347. The highest BCUT2D eigenvalue weighted by Gasteiger charge is 2.08. The number of carboxylic acids is 1. The first-order valence-corrected chi connectivity index (χ1v) is 6.12. The summed E-state index contributed by atoms with van der Waals surface area (Å²) >= 11 is 0. The molecule has 1 aromatic heterocycles. The molecular formula is C14H13FN2O3. The second-order valence-corrected chi connectivity index (χ2v) is 4.29. The summed E-state index contributed by atoms with van der Waals surface area (Å²) in [4.78, 5) is 26.2. The van der Waals surface area contributed by atoms with Crippen LogP contribution >= 0.6 is 0 Å². The van der Waals surface area contributed by atoms with Gasteiger partial charge in [-0.25, -0.2) is 9.37 Å². The first-order chi connectivity index (χ1) is 9.56. The number of aliphatic carboxylic acids is 1. The Hall–Kier alpha value is -2.50. The molecule has 0 saturated heterocycles. The smallest absolute Gasteiger partial charge is 0.303 e. The normalized spacial score (nSPS) is 10.4. The van der Waals surface area contributed by atoms with Crippen LogP contribution in [0.2, 0.25) is 0 Å². The van der Waals surface area contributed by atoms with Gasteiger partial charge in [0.1, 0.15) is 11.5 Å². The van der Waals surface area contributed by atoms with Crippen LogP contribution in [-0.4, -0.2) is 28.5 Å². The fourth-order valence-corrected chi connectivity index (χ4v) is 1.75. The minimum Gasteiger partial charge on any atom is -0.481 e. The SMILES string of the molecule is O=C(O)CCCNC(=O)c1ccc2ccc(F)cc2n1. The number of halogens is 1. The van der Waals surface area contributed by atoms with Crippen molar-refractivity contribution in [2.24, 2.45) is 0 Å². The van der Waals surface area contributed by atoms with Gasteiger partial charge in [-0.05, 0) is 24.6 Å². The second kappa shape index (κ2) is 6.10. The fourth-order valence-electron chi connectivity index (χ4n) is 1.75. The molecule has 0 aliphatic rings. The summed E-state index contributed by atoms with van der Waals surface area (Å²) in [6.45, 7) is 0.258. The summed E-state index contributed by atoms with van der Waals surface area (Å²) in [5.74, 6) is -1.72. The minimum atomic E-state index is -0.904. The van der Waals surface area contributed by atoms with Gasteiger partial charge in [-0.1, -0.05) is 6.07 Å². The molecule has 2 rings (SSSR count). The Labute approximate surface area is 114 Å². The highest BCUT2D eigenvalue weighted by atomic mass is 19.1. The van der Waals surface area contributed by atoms with Crippen LogP contribution in [0, 0.1) is 5.82 Å². The molecule has 0 fully saturated rings. The number of hydrogen-bond donors (Lipinski definition) is 2. The lowest BCUT2D eigenvalue weighted by Gasteiger charge is -2.05. The van der Waals surface area contributed by atoms with E-state index in [0.717, 1.165) is 5.39 Å². The van der Waals surface area contributed by atoms with Gasteiger partial charge in [0.2, 0.25) is 0 Å². The summed E-state index contributed by atoms with van der Waals surface area (Å²) in [7, 11) is 0. The highest BCUT2D eigenvalue weighted by molar-refractivity contribution is 5.94. The van der Waals surface area contributed by atoms with Gasteiger partial charge >= 0.3 is 5.97 Å². The van der Waals surface area contributed by atoms with E-state index >= 15 is 0 Å². The van der Waals surface area contributed by atoms with Crippen LogP contribution in [0.1, 0.15) is 23.3 Å². The molecule has 2 N–H and O–H groups in total. The Kier molecular flexibility index (Phi) is 4.24. The summed E-state index contributed by atoms with van der Waals surface area (Å²) in [5.41, 5.74) is 0.585. The number of carbonyl (C=O) groups is 2. The van der Waals surface area contributed by atoms with Crippen LogP contribution in [0.3, 0.4) is 0 Å². The van der Waals surface area contributed by atoms with Crippen LogP contribution in [0.4, 0.5) is 4.39 Å². The maximum atomic E-state index is 13.1. The standard InChI is InChI=1S/C14H13FN2O3/c15-10-5-3-9-4-6-11(17-12(9)8-10)14(20)16-7-1-2-13(18)19/h3-6,8H,1-2,7H2,(H,16,20)(H,18,19). The molecule has 0 atom stereocenters. The monoisotopic (exact) mass is 276 g/mol. The topological polar surface area (TPSA) is 79.3 Å². The lowest BCUT2D eigenvalue weighted by atomic mass is 10.2. The number of pyridine rings is 1. The Balaban J connectivity index is 2.04. The third kappa shape index (κ3) is 3.50. The summed E-state index contributed by atoms with van der Waals surface area (Å²) in [6, 6.07) is 7.42. The Morgan fingerprint density at radius 3 is 2.75 bits per heavy atom. The van der Waals surface area contributed by atoms with Crippen LogP contribution in [-0.2, 0) is 4.79 Å². The van der Waals surface area contributed by atoms with E-state index in [9.17, 15) is 14.0 Å². The Morgan fingerprint density at radius 1 is 1.25 bits per heavy atom. The average molecular weight is 276 g/mol. The van der Waals surface area contributed by atoms with E-state index in [1.807, 2.05) is 0 Å². The summed E-state index contributed by atoms with van der Waals surface area (Å²) < 4.78 is 13.1. The molecule has 1 heterocycles. The molecule has 6 heteroatoms. The average Bonchev–Trinajstić information content (AvgIpc) is 2.42. The molecule has 0 aliphatic heterocycles. The maximum absolute atomic E-state index is 13.1. The number of amides is 1. The van der Waals surface area contributed by atoms with Crippen LogP contribution in [0.15, 0.2) is 30.3 Å². The minimum absolute atomic E-state index is 0.00333. The zero-order chi connectivity index (χ0) is 14.5. The Bertz CT molecular complexity index is 658. The largest absolute Gasteiger partial charge is 0.481 e. The number of carbonyl (C=O) groups excluding carboxylic acids is 1. The van der Waals surface area contributed by atoms with E-state index in [4.69, 9.17) is 5.11 Å². The number of aromatic nitrogens is 1. The number of benzene rings is 1. The molecule has 0 unspecified atom stereocenters. The van der Waals surface area contributed by atoms with Gasteiger partial charge in [0, 0.05) is 24.4 Å². The number of nitrogens with one attached hydrogen (secondary N) is 1. The van der Waals surface area contributed by atoms with Gasteiger partial charge in [-0.2, -0.15) is 0 Å². The van der Waals surface area contributed by atoms with Crippen molar-refractivity contribution in [1.82, 2.24) is 10.3 Å². The lowest BCUT2D eigenvalue weighted by molar-refractivity contribution is -0.137. The van der Waals surface area contributed by atoms with Crippen molar-refractivity contribution in [2.45, 2.75) is 12.8 Å². The van der Waals surface area contributed by atoms with Gasteiger partial charge in [-0.3, -0.25) is 9.59 Å². The predicted octanol–water partition coefficient (Wildman–Crippen LogP) is 1.97. The van der Waals surface area contributed by atoms with Gasteiger partial charge < -0.3 is 10.4 Å². The van der Waals surface area contributed by atoms with Crippen LogP contribution in [0.25, 0.3) is 10.9 Å².